The monoisotopic (exact) mass is 331 g/mol. The average Bonchev–Trinajstić information content (AvgIpc) is 3.03. The van der Waals surface area contributed by atoms with Gasteiger partial charge >= 0.3 is 6.03 Å². The van der Waals surface area contributed by atoms with E-state index in [9.17, 15) is 9.59 Å². The van der Waals surface area contributed by atoms with Crippen molar-refractivity contribution in [1.82, 2.24) is 24.5 Å². The Hall–Kier alpha value is -2.61. The number of nitrogens with one attached hydrogen (secondary N) is 1. The van der Waals surface area contributed by atoms with Crippen LogP contribution in [0, 0.1) is 0 Å². The standard InChI is InChI=1S/C16H21N5O3/c1-24-12-15(22)19-6-8-20(9-7-19)16(23)17-10-13-11-21-5-3-2-4-14(21)18-13/h2-5,11H,6-10,12H2,1H3,(H,17,23). The molecule has 3 rings (SSSR count). The highest BCUT2D eigenvalue weighted by molar-refractivity contribution is 5.78. The van der Waals surface area contributed by atoms with Gasteiger partial charge in [0, 0.05) is 45.7 Å². The molecule has 0 spiro atoms. The summed E-state index contributed by atoms with van der Waals surface area (Å²) in [6.07, 6.45) is 3.82. The van der Waals surface area contributed by atoms with Gasteiger partial charge in [-0.15, -0.1) is 0 Å². The van der Waals surface area contributed by atoms with Gasteiger partial charge < -0.3 is 24.3 Å². The van der Waals surface area contributed by atoms with Gasteiger partial charge in [-0.3, -0.25) is 4.79 Å². The van der Waals surface area contributed by atoms with Crippen molar-refractivity contribution >= 4 is 17.6 Å². The number of ether oxygens (including phenoxy) is 1. The molecule has 0 saturated carbocycles. The van der Waals surface area contributed by atoms with Crippen molar-refractivity contribution < 1.29 is 14.3 Å². The summed E-state index contributed by atoms with van der Waals surface area (Å²) < 4.78 is 6.77. The maximum atomic E-state index is 12.2. The molecule has 24 heavy (non-hydrogen) atoms. The highest BCUT2D eigenvalue weighted by atomic mass is 16.5. The zero-order valence-corrected chi connectivity index (χ0v) is 13.6. The lowest BCUT2D eigenvalue weighted by atomic mass is 10.3. The highest BCUT2D eigenvalue weighted by Crippen LogP contribution is 2.06. The second kappa shape index (κ2) is 7.31. The van der Waals surface area contributed by atoms with Crippen molar-refractivity contribution in [2.75, 3.05) is 39.9 Å². The number of rotatable bonds is 4. The van der Waals surface area contributed by atoms with E-state index in [0.29, 0.717) is 32.7 Å². The summed E-state index contributed by atoms with van der Waals surface area (Å²) in [5, 5.41) is 2.88. The second-order valence-electron chi connectivity index (χ2n) is 5.66. The van der Waals surface area contributed by atoms with E-state index >= 15 is 0 Å². The van der Waals surface area contributed by atoms with Gasteiger partial charge in [-0.1, -0.05) is 6.07 Å². The van der Waals surface area contributed by atoms with Crippen molar-refractivity contribution in [2.45, 2.75) is 6.54 Å². The Kier molecular flexibility index (Phi) is 4.95. The third-order valence-corrected chi connectivity index (χ3v) is 4.02. The molecule has 8 heteroatoms. The summed E-state index contributed by atoms with van der Waals surface area (Å²) in [6, 6.07) is 5.64. The number of pyridine rings is 1. The van der Waals surface area contributed by atoms with E-state index in [0.717, 1.165) is 11.3 Å². The lowest BCUT2D eigenvalue weighted by Gasteiger charge is -2.34. The van der Waals surface area contributed by atoms with Crippen molar-refractivity contribution in [3.05, 3.63) is 36.3 Å². The number of piperazine rings is 1. The van der Waals surface area contributed by atoms with Crippen molar-refractivity contribution in [3.8, 4) is 0 Å². The molecule has 1 aliphatic rings. The molecular formula is C16H21N5O3. The molecule has 128 valence electrons. The Labute approximate surface area is 140 Å². The van der Waals surface area contributed by atoms with E-state index in [4.69, 9.17) is 4.74 Å². The molecule has 0 unspecified atom stereocenters. The largest absolute Gasteiger partial charge is 0.375 e. The van der Waals surface area contributed by atoms with Gasteiger partial charge in [-0.2, -0.15) is 0 Å². The number of aromatic nitrogens is 2. The first-order valence-electron chi connectivity index (χ1n) is 7.89. The minimum atomic E-state index is -0.133. The van der Waals surface area contributed by atoms with Crippen LogP contribution in [0.1, 0.15) is 5.69 Å². The average molecular weight is 331 g/mol. The van der Waals surface area contributed by atoms with Crippen LogP contribution in [-0.2, 0) is 16.1 Å². The van der Waals surface area contributed by atoms with Crippen LogP contribution in [0.15, 0.2) is 30.6 Å². The topological polar surface area (TPSA) is 79.2 Å². The van der Waals surface area contributed by atoms with Gasteiger partial charge in [0.15, 0.2) is 0 Å². The third-order valence-electron chi connectivity index (χ3n) is 4.02. The minimum absolute atomic E-state index is 0.0396. The fourth-order valence-electron chi connectivity index (χ4n) is 2.72. The molecule has 8 nitrogen and oxygen atoms in total. The molecule has 0 bridgehead atoms. The first-order valence-corrected chi connectivity index (χ1v) is 7.89. The first-order chi connectivity index (χ1) is 11.7. The lowest BCUT2D eigenvalue weighted by Crippen LogP contribution is -2.53. The van der Waals surface area contributed by atoms with E-state index in [-0.39, 0.29) is 18.5 Å². The van der Waals surface area contributed by atoms with E-state index < -0.39 is 0 Å². The minimum Gasteiger partial charge on any atom is -0.375 e. The number of hydrogen-bond acceptors (Lipinski definition) is 4. The summed E-state index contributed by atoms with van der Waals surface area (Å²) >= 11 is 0. The van der Waals surface area contributed by atoms with Crippen LogP contribution in [0.5, 0.6) is 0 Å². The van der Waals surface area contributed by atoms with E-state index in [1.54, 1.807) is 9.80 Å². The number of hydrogen-bond donors (Lipinski definition) is 1. The number of fused-ring (bicyclic) bond motifs is 1. The maximum Gasteiger partial charge on any atom is 0.317 e. The Balaban J connectivity index is 1.48. The number of carbonyl (C=O) groups is 2. The number of carbonyl (C=O) groups excluding carboxylic acids is 2. The Bertz CT molecular complexity index is 688. The molecule has 1 N–H and O–H groups in total. The van der Waals surface area contributed by atoms with Crippen LogP contribution >= 0.6 is 0 Å². The molecule has 0 radical (unpaired) electrons. The maximum absolute atomic E-state index is 12.2. The van der Waals surface area contributed by atoms with Gasteiger partial charge in [0.25, 0.3) is 0 Å². The van der Waals surface area contributed by atoms with Crippen LogP contribution in [0.2, 0.25) is 0 Å². The fraction of sp³-hybridized carbons (Fsp3) is 0.438. The van der Waals surface area contributed by atoms with Crippen molar-refractivity contribution in [3.63, 3.8) is 0 Å². The number of nitrogens with zero attached hydrogens (tertiary/aromatic N) is 4. The molecule has 3 amide bonds. The van der Waals surface area contributed by atoms with Crippen LogP contribution in [0.4, 0.5) is 4.79 Å². The summed E-state index contributed by atoms with van der Waals surface area (Å²) in [5.74, 6) is -0.0396. The summed E-state index contributed by atoms with van der Waals surface area (Å²) in [4.78, 5) is 31.9. The normalized spacial score (nSPS) is 14.9. The lowest BCUT2D eigenvalue weighted by molar-refractivity contribution is -0.136. The molecule has 3 heterocycles. The molecule has 0 aromatic carbocycles. The Morgan fingerprint density at radius 3 is 2.67 bits per heavy atom. The summed E-state index contributed by atoms with van der Waals surface area (Å²) in [7, 11) is 1.50. The van der Waals surface area contributed by atoms with Crippen molar-refractivity contribution in [2.24, 2.45) is 0 Å². The first kappa shape index (κ1) is 16.3. The number of methoxy groups -OCH3 is 1. The van der Waals surface area contributed by atoms with E-state index in [1.165, 1.54) is 7.11 Å². The zero-order chi connectivity index (χ0) is 16.9. The SMILES string of the molecule is COCC(=O)N1CCN(C(=O)NCc2cn3ccccc3n2)CC1. The Morgan fingerprint density at radius 2 is 1.96 bits per heavy atom. The third kappa shape index (κ3) is 3.65. The summed E-state index contributed by atoms with van der Waals surface area (Å²) in [6.45, 7) is 2.57. The van der Waals surface area contributed by atoms with Crippen molar-refractivity contribution in [1.29, 1.82) is 0 Å². The quantitative estimate of drug-likeness (QED) is 0.876. The summed E-state index contributed by atoms with van der Waals surface area (Å²) in [5.41, 5.74) is 1.66. The fourth-order valence-corrected chi connectivity index (χ4v) is 2.72. The highest BCUT2D eigenvalue weighted by Gasteiger charge is 2.23. The number of imidazole rings is 1. The molecule has 2 aromatic heterocycles. The van der Waals surface area contributed by atoms with Crippen LogP contribution < -0.4 is 5.32 Å². The molecule has 0 aliphatic carbocycles. The molecular weight excluding hydrogens is 310 g/mol. The van der Waals surface area contributed by atoms with E-state index in [1.807, 2.05) is 35.0 Å². The van der Waals surface area contributed by atoms with Gasteiger partial charge in [0.05, 0.1) is 12.2 Å². The zero-order valence-electron chi connectivity index (χ0n) is 13.6. The molecule has 1 saturated heterocycles. The molecule has 0 atom stereocenters. The molecule has 1 aliphatic heterocycles. The van der Waals surface area contributed by atoms with Gasteiger partial charge in [0.1, 0.15) is 12.3 Å². The second-order valence-corrected chi connectivity index (χ2v) is 5.66. The molecule has 1 fully saturated rings. The smallest absolute Gasteiger partial charge is 0.317 e. The predicted octanol–water partition coefficient (Wildman–Crippen LogP) is 0.334. The van der Waals surface area contributed by atoms with Gasteiger partial charge in [-0.05, 0) is 12.1 Å². The van der Waals surface area contributed by atoms with E-state index in [2.05, 4.69) is 10.3 Å². The Morgan fingerprint density at radius 1 is 1.21 bits per heavy atom. The van der Waals surface area contributed by atoms with Crippen LogP contribution in [-0.4, -0.2) is 71.0 Å². The van der Waals surface area contributed by atoms with Crippen LogP contribution in [0.3, 0.4) is 0 Å². The number of amides is 3. The predicted molar refractivity (Wildman–Crippen MR) is 87.5 cm³/mol. The number of urea groups is 1. The van der Waals surface area contributed by atoms with Gasteiger partial charge in [-0.25, -0.2) is 9.78 Å². The van der Waals surface area contributed by atoms with Crippen LogP contribution in [0.25, 0.3) is 5.65 Å². The van der Waals surface area contributed by atoms with Gasteiger partial charge in [0.2, 0.25) is 5.91 Å². The molecule has 2 aromatic rings.